The molecule has 1 aromatic rings. The molecule has 0 heterocycles. The van der Waals surface area contributed by atoms with Crippen LogP contribution in [0.15, 0.2) is 24.3 Å². The van der Waals surface area contributed by atoms with Gasteiger partial charge in [-0.1, -0.05) is 24.3 Å². The third kappa shape index (κ3) is 1.89. The fourth-order valence-corrected chi connectivity index (χ4v) is 2.68. The summed E-state index contributed by atoms with van der Waals surface area (Å²) in [4.78, 5) is -3.29. The molecule has 1 N–H and O–H groups in total. The van der Waals surface area contributed by atoms with Crippen LogP contribution in [0.4, 0.5) is 8.78 Å². The summed E-state index contributed by atoms with van der Waals surface area (Å²) in [6, 6.07) is 6.91. The Morgan fingerprint density at radius 3 is 2.62 bits per heavy atom. The molecule has 1 aliphatic carbocycles. The van der Waals surface area contributed by atoms with Crippen molar-refractivity contribution in [3.05, 3.63) is 35.4 Å². The Bertz CT molecular complexity index is 389. The Morgan fingerprint density at radius 1 is 1.25 bits per heavy atom. The number of rotatable bonds is 1. The minimum Gasteiger partial charge on any atom is -0.378 e. The third-order valence-corrected chi connectivity index (χ3v) is 3.82. The van der Waals surface area contributed by atoms with E-state index in [9.17, 15) is 13.9 Å². The lowest BCUT2D eigenvalue weighted by atomic mass is 9.88. The zero-order valence-electron chi connectivity index (χ0n) is 8.72. The Hall–Kier alpha value is -0.480. The van der Waals surface area contributed by atoms with Crippen molar-refractivity contribution in [3.63, 3.8) is 0 Å². The van der Waals surface area contributed by atoms with E-state index in [-0.39, 0.29) is 6.42 Å². The topological polar surface area (TPSA) is 20.2 Å². The molecule has 1 unspecified atom stereocenters. The van der Waals surface area contributed by atoms with Crippen LogP contribution in [0.5, 0.6) is 0 Å². The van der Waals surface area contributed by atoms with E-state index in [0.29, 0.717) is 12.0 Å². The molecule has 0 aliphatic heterocycles. The summed E-state index contributed by atoms with van der Waals surface area (Å²) in [6.07, 6.45) is 2.28. The average Bonchev–Trinajstić information content (AvgIpc) is 2.39. The maximum atomic E-state index is 13.5. The lowest BCUT2D eigenvalue weighted by molar-refractivity contribution is -0.126. The van der Waals surface area contributed by atoms with Gasteiger partial charge in [-0.2, -0.15) is 8.78 Å². The SMILES string of the molecule is OC1(C(F)(F)Br)CCCCc2ccccc21. The van der Waals surface area contributed by atoms with Crippen molar-refractivity contribution < 1.29 is 13.9 Å². The molecule has 16 heavy (non-hydrogen) atoms. The molecule has 0 radical (unpaired) electrons. The number of hydrogen-bond donors (Lipinski definition) is 1. The van der Waals surface area contributed by atoms with E-state index in [4.69, 9.17) is 0 Å². The van der Waals surface area contributed by atoms with E-state index in [1.807, 2.05) is 12.1 Å². The fourth-order valence-electron chi connectivity index (χ4n) is 2.27. The van der Waals surface area contributed by atoms with Crippen LogP contribution in [-0.2, 0) is 12.0 Å². The molecule has 0 bridgehead atoms. The number of fused-ring (bicyclic) bond motifs is 1. The van der Waals surface area contributed by atoms with Crippen LogP contribution in [0.2, 0.25) is 0 Å². The maximum Gasteiger partial charge on any atom is 0.333 e. The predicted octanol–water partition coefficient (Wildman–Crippen LogP) is 3.59. The number of hydrogen-bond acceptors (Lipinski definition) is 1. The quantitative estimate of drug-likeness (QED) is 0.619. The highest BCUT2D eigenvalue weighted by molar-refractivity contribution is 9.10. The van der Waals surface area contributed by atoms with E-state index >= 15 is 0 Å². The van der Waals surface area contributed by atoms with Crippen molar-refractivity contribution in [1.29, 1.82) is 0 Å². The number of halogens is 3. The first-order chi connectivity index (χ1) is 7.45. The van der Waals surface area contributed by atoms with Crippen LogP contribution in [0, 0.1) is 0 Å². The minimum atomic E-state index is -3.29. The Labute approximate surface area is 102 Å². The molecule has 0 aromatic heterocycles. The van der Waals surface area contributed by atoms with Crippen molar-refractivity contribution in [2.45, 2.75) is 36.1 Å². The lowest BCUT2D eigenvalue weighted by Gasteiger charge is -2.32. The molecule has 0 saturated carbocycles. The first kappa shape index (κ1) is 12.0. The Morgan fingerprint density at radius 2 is 1.94 bits per heavy atom. The van der Waals surface area contributed by atoms with Gasteiger partial charge < -0.3 is 5.11 Å². The first-order valence-electron chi connectivity index (χ1n) is 5.33. The van der Waals surface area contributed by atoms with Gasteiger partial charge in [0.05, 0.1) is 0 Å². The van der Waals surface area contributed by atoms with Gasteiger partial charge >= 0.3 is 4.83 Å². The van der Waals surface area contributed by atoms with E-state index in [1.54, 1.807) is 12.1 Å². The molecule has 88 valence electrons. The summed E-state index contributed by atoms with van der Waals surface area (Å²) < 4.78 is 27.0. The van der Waals surface area contributed by atoms with Gasteiger partial charge in [0, 0.05) is 0 Å². The predicted molar refractivity (Wildman–Crippen MR) is 61.8 cm³/mol. The van der Waals surface area contributed by atoms with Gasteiger partial charge in [0.1, 0.15) is 0 Å². The molecular formula is C12H13BrF2O. The zero-order chi connectivity index (χ0) is 11.8. The Kier molecular flexibility index (Phi) is 3.05. The van der Waals surface area contributed by atoms with Crippen molar-refractivity contribution in [2.24, 2.45) is 0 Å². The fraction of sp³-hybridized carbons (Fsp3) is 0.500. The molecule has 4 heteroatoms. The molecule has 1 aromatic carbocycles. The summed E-state index contributed by atoms with van der Waals surface area (Å²) >= 11 is 2.32. The Balaban J connectivity index is 2.55. The zero-order valence-corrected chi connectivity index (χ0v) is 10.3. The molecule has 2 rings (SSSR count). The average molecular weight is 291 g/mol. The van der Waals surface area contributed by atoms with Crippen molar-refractivity contribution >= 4 is 15.9 Å². The molecule has 0 saturated heterocycles. The van der Waals surface area contributed by atoms with Gasteiger partial charge in [0.25, 0.3) is 0 Å². The summed E-state index contributed by atoms with van der Waals surface area (Å²) in [6.45, 7) is 0. The standard InChI is InChI=1S/C12H13BrF2O/c13-12(14,15)11(16)8-4-3-6-9-5-1-2-7-10(9)11/h1-2,5,7,16H,3-4,6,8H2. The molecule has 1 aliphatic rings. The maximum absolute atomic E-state index is 13.5. The molecule has 0 spiro atoms. The van der Waals surface area contributed by atoms with Gasteiger partial charge in [-0.05, 0) is 52.7 Å². The number of aliphatic hydroxyl groups is 1. The number of aryl methyl sites for hydroxylation is 1. The van der Waals surface area contributed by atoms with E-state index < -0.39 is 10.4 Å². The molecule has 0 fully saturated rings. The monoisotopic (exact) mass is 290 g/mol. The second-order valence-corrected chi connectivity index (χ2v) is 5.22. The van der Waals surface area contributed by atoms with Gasteiger partial charge in [0.2, 0.25) is 0 Å². The van der Waals surface area contributed by atoms with Gasteiger partial charge in [-0.15, -0.1) is 0 Å². The molecule has 0 amide bonds. The lowest BCUT2D eigenvalue weighted by Crippen LogP contribution is -2.41. The first-order valence-corrected chi connectivity index (χ1v) is 6.12. The molecule has 1 nitrogen and oxygen atoms in total. The van der Waals surface area contributed by atoms with Crippen LogP contribution >= 0.6 is 15.9 Å². The second-order valence-electron chi connectivity index (χ2n) is 4.22. The van der Waals surface area contributed by atoms with Crippen molar-refractivity contribution in [1.82, 2.24) is 0 Å². The highest BCUT2D eigenvalue weighted by Gasteiger charge is 2.52. The highest BCUT2D eigenvalue weighted by atomic mass is 79.9. The molecule has 1 atom stereocenters. The van der Waals surface area contributed by atoms with E-state index in [2.05, 4.69) is 15.9 Å². The van der Waals surface area contributed by atoms with Crippen molar-refractivity contribution in [3.8, 4) is 0 Å². The summed E-state index contributed by atoms with van der Waals surface area (Å²) in [7, 11) is 0. The van der Waals surface area contributed by atoms with Crippen molar-refractivity contribution in [2.75, 3.05) is 0 Å². The van der Waals surface area contributed by atoms with Crippen LogP contribution in [0.25, 0.3) is 0 Å². The van der Waals surface area contributed by atoms with Gasteiger partial charge in [-0.3, -0.25) is 0 Å². The smallest absolute Gasteiger partial charge is 0.333 e. The normalized spacial score (nSPS) is 26.0. The minimum absolute atomic E-state index is 0.0856. The highest BCUT2D eigenvalue weighted by Crippen LogP contribution is 2.48. The van der Waals surface area contributed by atoms with Gasteiger partial charge in [0.15, 0.2) is 5.60 Å². The summed E-state index contributed by atoms with van der Waals surface area (Å²) in [5.74, 6) is 0. The van der Waals surface area contributed by atoms with Crippen LogP contribution in [0.1, 0.15) is 30.4 Å². The molecular weight excluding hydrogens is 278 g/mol. The van der Waals surface area contributed by atoms with Gasteiger partial charge in [-0.25, -0.2) is 0 Å². The largest absolute Gasteiger partial charge is 0.378 e. The summed E-state index contributed by atoms with van der Waals surface area (Å²) in [5, 5.41) is 10.2. The second kappa shape index (κ2) is 4.08. The van der Waals surface area contributed by atoms with E-state index in [0.717, 1.165) is 18.4 Å². The van der Waals surface area contributed by atoms with Crippen LogP contribution in [0.3, 0.4) is 0 Å². The van der Waals surface area contributed by atoms with E-state index in [1.165, 1.54) is 0 Å². The summed E-state index contributed by atoms with van der Waals surface area (Å²) in [5.41, 5.74) is -0.906. The number of benzene rings is 1. The van der Waals surface area contributed by atoms with Crippen LogP contribution < -0.4 is 0 Å². The third-order valence-electron chi connectivity index (χ3n) is 3.17. The van der Waals surface area contributed by atoms with Crippen LogP contribution in [-0.4, -0.2) is 9.94 Å². The number of alkyl halides is 3.